The minimum Gasteiger partial charge on any atom is -0.382 e. The lowest BCUT2D eigenvalue weighted by Gasteiger charge is -2.20. The largest absolute Gasteiger partial charge is 0.387 e. The maximum absolute atomic E-state index is 11.6. The number of nitrogen functional groups attached to an aromatic ring is 1. The number of aromatic nitrogens is 2. The van der Waals surface area contributed by atoms with Gasteiger partial charge in [-0.2, -0.15) is 0 Å². The Morgan fingerprint density at radius 3 is 2.45 bits per heavy atom. The summed E-state index contributed by atoms with van der Waals surface area (Å²) < 4.78 is 0. The highest BCUT2D eigenvalue weighted by Crippen LogP contribution is 2.24. The Hall–Kier alpha value is -2.29. The minimum atomic E-state index is -0.948. The number of anilines is 2. The minimum absolute atomic E-state index is 0.0413. The van der Waals surface area contributed by atoms with E-state index in [2.05, 4.69) is 20.0 Å². The summed E-state index contributed by atoms with van der Waals surface area (Å²) >= 11 is 6.00. The number of carbonyl (C=O) groups is 1. The average Bonchev–Trinajstić information content (AvgIpc) is 2.40. The molecule has 1 aromatic rings. The van der Waals surface area contributed by atoms with E-state index in [1.807, 2.05) is 18.7 Å². The van der Waals surface area contributed by atoms with Crippen molar-refractivity contribution in [1.82, 2.24) is 9.97 Å². The summed E-state index contributed by atoms with van der Waals surface area (Å²) in [6.07, 6.45) is 0. The van der Waals surface area contributed by atoms with Crippen LogP contribution in [0.15, 0.2) is 5.16 Å². The standard InChI is InChI=1S/C10H16ClN7O2/c1-3-18(4-2)8-6(11)15-5(7(12)16-8)9(19)20-17-10(13)14/h3-4H2,1-2H3,(H2,12,16)(H4,13,14,17). The van der Waals surface area contributed by atoms with Crippen LogP contribution in [0.1, 0.15) is 24.3 Å². The fraction of sp³-hybridized carbons (Fsp3) is 0.400. The zero-order chi connectivity index (χ0) is 15.3. The third-order valence-corrected chi connectivity index (χ3v) is 2.61. The highest BCUT2D eigenvalue weighted by atomic mass is 35.5. The molecule has 0 spiro atoms. The molecule has 0 aliphatic carbocycles. The van der Waals surface area contributed by atoms with Crippen LogP contribution in [-0.2, 0) is 4.84 Å². The van der Waals surface area contributed by atoms with Gasteiger partial charge in [0.05, 0.1) is 0 Å². The molecule has 0 unspecified atom stereocenters. The molecular weight excluding hydrogens is 286 g/mol. The molecule has 0 saturated carbocycles. The first kappa shape index (κ1) is 15.8. The summed E-state index contributed by atoms with van der Waals surface area (Å²) in [5.74, 6) is -1.08. The van der Waals surface area contributed by atoms with Crippen LogP contribution in [0.25, 0.3) is 0 Å². The van der Waals surface area contributed by atoms with Gasteiger partial charge in [0, 0.05) is 13.1 Å². The van der Waals surface area contributed by atoms with E-state index in [0.29, 0.717) is 18.9 Å². The van der Waals surface area contributed by atoms with Crippen molar-refractivity contribution in [2.45, 2.75) is 13.8 Å². The molecule has 10 heteroatoms. The monoisotopic (exact) mass is 301 g/mol. The molecule has 9 nitrogen and oxygen atoms in total. The van der Waals surface area contributed by atoms with Gasteiger partial charge >= 0.3 is 5.97 Å². The summed E-state index contributed by atoms with van der Waals surface area (Å²) in [6.45, 7) is 5.20. The molecule has 0 aliphatic heterocycles. The molecular formula is C10H16ClN7O2. The number of hydrogen-bond acceptors (Lipinski definition) is 7. The predicted octanol–water partition coefficient (Wildman–Crippen LogP) is -0.0964. The van der Waals surface area contributed by atoms with E-state index in [0.717, 1.165) is 0 Å². The molecule has 0 bridgehead atoms. The number of guanidine groups is 1. The van der Waals surface area contributed by atoms with E-state index in [4.69, 9.17) is 28.8 Å². The van der Waals surface area contributed by atoms with Gasteiger partial charge in [-0.1, -0.05) is 11.6 Å². The fourth-order valence-electron chi connectivity index (χ4n) is 1.43. The third kappa shape index (κ3) is 3.60. The van der Waals surface area contributed by atoms with Crippen molar-refractivity contribution in [2.75, 3.05) is 23.7 Å². The quantitative estimate of drug-likeness (QED) is 0.296. The normalized spacial score (nSPS) is 9.95. The second kappa shape index (κ2) is 6.75. The van der Waals surface area contributed by atoms with Crippen molar-refractivity contribution in [3.63, 3.8) is 0 Å². The highest BCUT2D eigenvalue weighted by Gasteiger charge is 2.20. The number of hydrogen-bond donors (Lipinski definition) is 3. The number of carbonyl (C=O) groups excluding carboxylic acids is 1. The van der Waals surface area contributed by atoms with Crippen LogP contribution in [0.4, 0.5) is 11.6 Å². The average molecular weight is 302 g/mol. The Kier molecular flexibility index (Phi) is 5.32. The molecule has 0 saturated heterocycles. The zero-order valence-electron chi connectivity index (χ0n) is 11.1. The second-order valence-corrected chi connectivity index (χ2v) is 4.00. The van der Waals surface area contributed by atoms with E-state index in [-0.39, 0.29) is 16.7 Å². The summed E-state index contributed by atoms with van der Waals surface area (Å²) in [7, 11) is 0. The molecule has 0 radical (unpaired) electrons. The van der Waals surface area contributed by atoms with Crippen LogP contribution in [0.2, 0.25) is 5.15 Å². The topological polar surface area (TPSA) is 146 Å². The number of rotatable bonds is 5. The van der Waals surface area contributed by atoms with Gasteiger partial charge in [-0.15, -0.1) is 0 Å². The molecule has 110 valence electrons. The maximum Gasteiger partial charge on any atom is 0.387 e. The van der Waals surface area contributed by atoms with E-state index in [1.165, 1.54) is 0 Å². The second-order valence-electron chi connectivity index (χ2n) is 3.64. The number of halogens is 1. The van der Waals surface area contributed by atoms with Crippen molar-refractivity contribution < 1.29 is 9.63 Å². The summed E-state index contributed by atoms with van der Waals surface area (Å²) in [5.41, 5.74) is 15.5. The maximum atomic E-state index is 11.6. The molecule has 1 heterocycles. The number of oxime groups is 1. The number of nitrogens with two attached hydrogens (primary N) is 3. The highest BCUT2D eigenvalue weighted by molar-refractivity contribution is 6.32. The Labute approximate surface area is 120 Å². The molecule has 20 heavy (non-hydrogen) atoms. The van der Waals surface area contributed by atoms with Crippen molar-refractivity contribution in [2.24, 2.45) is 16.6 Å². The van der Waals surface area contributed by atoms with Crippen LogP contribution >= 0.6 is 11.6 Å². The molecule has 0 fully saturated rings. The van der Waals surface area contributed by atoms with Gasteiger partial charge in [-0.25, -0.2) is 14.8 Å². The van der Waals surface area contributed by atoms with Crippen molar-refractivity contribution in [3.05, 3.63) is 10.8 Å². The van der Waals surface area contributed by atoms with Crippen LogP contribution < -0.4 is 22.1 Å². The summed E-state index contributed by atoms with van der Waals surface area (Å²) in [6, 6.07) is 0. The molecule has 1 aromatic heterocycles. The lowest BCUT2D eigenvalue weighted by Crippen LogP contribution is -2.25. The Morgan fingerprint density at radius 1 is 1.35 bits per heavy atom. The first-order chi connectivity index (χ1) is 9.40. The Morgan fingerprint density at radius 2 is 1.95 bits per heavy atom. The first-order valence-electron chi connectivity index (χ1n) is 5.78. The lowest BCUT2D eigenvalue weighted by molar-refractivity contribution is 0.0509. The van der Waals surface area contributed by atoms with Gasteiger partial charge in [-0.3, -0.25) is 0 Å². The molecule has 6 N–H and O–H groups in total. The van der Waals surface area contributed by atoms with Gasteiger partial charge < -0.3 is 26.9 Å². The van der Waals surface area contributed by atoms with Crippen LogP contribution in [-0.4, -0.2) is 35.0 Å². The van der Waals surface area contributed by atoms with Gasteiger partial charge in [0.1, 0.15) is 0 Å². The lowest BCUT2D eigenvalue weighted by atomic mass is 10.4. The van der Waals surface area contributed by atoms with E-state index >= 15 is 0 Å². The fourth-order valence-corrected chi connectivity index (χ4v) is 1.68. The van der Waals surface area contributed by atoms with Crippen molar-refractivity contribution in [3.8, 4) is 0 Å². The van der Waals surface area contributed by atoms with Gasteiger partial charge in [0.25, 0.3) is 0 Å². The van der Waals surface area contributed by atoms with Gasteiger partial charge in [0.2, 0.25) is 5.96 Å². The zero-order valence-corrected chi connectivity index (χ0v) is 11.9. The van der Waals surface area contributed by atoms with Crippen LogP contribution in [0.5, 0.6) is 0 Å². The van der Waals surface area contributed by atoms with Crippen molar-refractivity contribution >= 4 is 35.2 Å². The van der Waals surface area contributed by atoms with Crippen LogP contribution in [0, 0.1) is 0 Å². The summed E-state index contributed by atoms with van der Waals surface area (Å²) in [4.78, 5) is 25.9. The first-order valence-corrected chi connectivity index (χ1v) is 6.16. The van der Waals surface area contributed by atoms with Gasteiger partial charge in [-0.05, 0) is 19.0 Å². The Bertz CT molecular complexity index is 527. The smallest absolute Gasteiger partial charge is 0.382 e. The van der Waals surface area contributed by atoms with Crippen molar-refractivity contribution in [1.29, 1.82) is 0 Å². The molecule has 0 aliphatic rings. The predicted molar refractivity (Wildman–Crippen MR) is 76.2 cm³/mol. The SMILES string of the molecule is CCN(CC)c1nc(N)c(C(=O)ON=C(N)N)nc1Cl. The number of nitrogens with zero attached hydrogens (tertiary/aromatic N) is 4. The summed E-state index contributed by atoms with van der Waals surface area (Å²) in [5, 5.41) is 3.15. The molecule has 0 aromatic carbocycles. The molecule has 0 atom stereocenters. The van der Waals surface area contributed by atoms with E-state index in [9.17, 15) is 4.79 Å². The molecule has 0 amide bonds. The van der Waals surface area contributed by atoms with E-state index in [1.54, 1.807) is 0 Å². The van der Waals surface area contributed by atoms with E-state index < -0.39 is 11.9 Å². The Balaban J connectivity index is 3.11. The van der Waals surface area contributed by atoms with Gasteiger partial charge in [0.15, 0.2) is 22.5 Å². The van der Waals surface area contributed by atoms with Crippen LogP contribution in [0.3, 0.4) is 0 Å². The molecule has 1 rings (SSSR count). The third-order valence-electron chi connectivity index (χ3n) is 2.35.